The van der Waals surface area contributed by atoms with Crippen LogP contribution in [0.5, 0.6) is 0 Å². The molecule has 1 aromatic heterocycles. The van der Waals surface area contributed by atoms with Crippen LogP contribution < -0.4 is 11.1 Å². The van der Waals surface area contributed by atoms with Gasteiger partial charge in [0, 0.05) is 29.4 Å². The van der Waals surface area contributed by atoms with E-state index in [1.54, 1.807) is 11.0 Å². The number of ether oxygens (including phenoxy) is 1. The van der Waals surface area contributed by atoms with Gasteiger partial charge in [0.1, 0.15) is 11.9 Å². The number of anilines is 1. The minimum Gasteiger partial charge on any atom is -0.461 e. The second-order valence-corrected chi connectivity index (χ2v) is 12.4. The summed E-state index contributed by atoms with van der Waals surface area (Å²) >= 11 is 0. The third-order valence-corrected chi connectivity index (χ3v) is 8.24. The summed E-state index contributed by atoms with van der Waals surface area (Å²) in [5, 5.41) is 3.38. The summed E-state index contributed by atoms with van der Waals surface area (Å²) in [7, 11) is 3.64. The van der Waals surface area contributed by atoms with Gasteiger partial charge in [-0.25, -0.2) is 4.39 Å². The lowest BCUT2D eigenvalue weighted by molar-refractivity contribution is -0.151. The lowest BCUT2D eigenvalue weighted by atomic mass is 9.75. The largest absolute Gasteiger partial charge is 0.461 e. The van der Waals surface area contributed by atoms with E-state index in [9.17, 15) is 14.4 Å². The van der Waals surface area contributed by atoms with Crippen molar-refractivity contribution >= 4 is 23.3 Å². The van der Waals surface area contributed by atoms with Crippen molar-refractivity contribution in [3.8, 4) is 5.69 Å². The Hall–Kier alpha value is -3.20. The van der Waals surface area contributed by atoms with E-state index in [0.717, 1.165) is 48.2 Å². The van der Waals surface area contributed by atoms with Gasteiger partial charge in [0.2, 0.25) is 0 Å². The number of rotatable bonds is 7. The minimum atomic E-state index is -0.830. The van der Waals surface area contributed by atoms with E-state index in [-0.39, 0.29) is 41.4 Å². The molecule has 0 radical (unpaired) electrons. The number of benzene rings is 1. The average Bonchev–Trinajstić information content (AvgIpc) is 3.38. The van der Waals surface area contributed by atoms with Gasteiger partial charge in [-0.3, -0.25) is 19.3 Å². The quantitative estimate of drug-likeness (QED) is 0.512. The normalized spacial score (nSPS) is 21.9. The van der Waals surface area contributed by atoms with Crippen LogP contribution in [0.25, 0.3) is 5.69 Å². The zero-order chi connectivity index (χ0) is 28.1. The smallest absolute Gasteiger partial charge is 0.320 e. The molecule has 0 spiro atoms. The highest BCUT2D eigenvalue weighted by molar-refractivity contribution is 6.01. The summed E-state index contributed by atoms with van der Waals surface area (Å²) in [5.74, 6) is -1.59. The third-order valence-electron chi connectivity index (χ3n) is 8.24. The number of ketones is 1. The van der Waals surface area contributed by atoms with E-state index >= 15 is 4.39 Å². The van der Waals surface area contributed by atoms with Crippen LogP contribution in [-0.2, 0) is 28.8 Å². The van der Waals surface area contributed by atoms with Gasteiger partial charge in [-0.15, -0.1) is 0 Å². The Balaban J connectivity index is 1.44. The summed E-state index contributed by atoms with van der Waals surface area (Å²) in [5.41, 5.74) is 10.2. The summed E-state index contributed by atoms with van der Waals surface area (Å²) in [6, 6.07) is 3.15. The molecule has 210 valence electrons. The van der Waals surface area contributed by atoms with Crippen LogP contribution in [0.15, 0.2) is 12.1 Å². The van der Waals surface area contributed by atoms with Crippen molar-refractivity contribution in [2.45, 2.75) is 83.8 Å². The molecule has 9 heteroatoms. The first-order valence-corrected chi connectivity index (χ1v) is 14.0. The Morgan fingerprint density at radius 2 is 1.85 bits per heavy atom. The zero-order valence-electron chi connectivity index (χ0n) is 23.4. The van der Waals surface area contributed by atoms with Crippen molar-refractivity contribution in [2.24, 2.45) is 11.1 Å². The highest BCUT2D eigenvalue weighted by Crippen LogP contribution is 2.43. The highest BCUT2D eigenvalue weighted by atomic mass is 19.1. The van der Waals surface area contributed by atoms with E-state index in [0.29, 0.717) is 43.5 Å². The van der Waals surface area contributed by atoms with E-state index in [4.69, 9.17) is 10.5 Å². The molecule has 2 aromatic rings. The molecule has 1 saturated carbocycles. The van der Waals surface area contributed by atoms with Crippen LogP contribution in [0, 0.1) is 11.2 Å². The number of hydrogen-bond acceptors (Lipinski definition) is 6. The molecule has 0 bridgehead atoms. The number of carbonyl (C=O) groups excluding carboxylic acids is 3. The van der Waals surface area contributed by atoms with E-state index < -0.39 is 11.7 Å². The number of likely N-dealkylation sites (N-methyl/N-ethyl adjacent to an activating group) is 1. The van der Waals surface area contributed by atoms with Gasteiger partial charge in [0.15, 0.2) is 5.78 Å². The molecule has 5 rings (SSSR count). The number of nitrogens with two attached hydrogens (primary N) is 1. The number of hydrogen-bond donors (Lipinski definition) is 2. The number of primary amides is 1. The maximum absolute atomic E-state index is 15.5. The number of esters is 1. The van der Waals surface area contributed by atoms with Crippen LogP contribution in [0.1, 0.15) is 90.0 Å². The standard InChI is InChI=1S/C30H39FN4O4/c1-30(2)14-24-27(25(36)15-30)20-6-5-7-23(20)35(24)18-12-21(31)28(29(32)38)22(13-18)33-17-8-10-19(11-9-17)39-26(37)16-34(3)4/h12-13,17,19,33H,5-11,14-16H2,1-4H3,(H2,32,38)/t17-,19-. The van der Waals surface area contributed by atoms with Gasteiger partial charge >= 0.3 is 5.97 Å². The molecule has 0 unspecified atom stereocenters. The monoisotopic (exact) mass is 538 g/mol. The number of halogens is 1. The van der Waals surface area contributed by atoms with Crippen LogP contribution in [0.3, 0.4) is 0 Å². The molecule has 0 atom stereocenters. The predicted octanol–water partition coefficient (Wildman–Crippen LogP) is 4.19. The first kappa shape index (κ1) is 27.4. The molecule has 1 fully saturated rings. The summed E-state index contributed by atoms with van der Waals surface area (Å²) in [6.07, 6.45) is 6.50. The molecule has 0 aliphatic heterocycles. The van der Waals surface area contributed by atoms with Gasteiger partial charge in [-0.2, -0.15) is 0 Å². The van der Waals surface area contributed by atoms with Crippen LogP contribution in [0.2, 0.25) is 0 Å². The number of nitrogens with one attached hydrogen (secondary N) is 1. The fourth-order valence-electron chi connectivity index (χ4n) is 6.65. The summed E-state index contributed by atoms with van der Waals surface area (Å²) in [6.45, 7) is 4.42. The number of aromatic nitrogens is 1. The van der Waals surface area contributed by atoms with E-state index in [2.05, 4.69) is 23.7 Å². The fourth-order valence-corrected chi connectivity index (χ4v) is 6.65. The average molecular weight is 539 g/mol. The van der Waals surface area contributed by atoms with Crippen LogP contribution in [0.4, 0.5) is 10.1 Å². The molecule has 8 nitrogen and oxygen atoms in total. The highest BCUT2D eigenvalue weighted by Gasteiger charge is 2.39. The maximum Gasteiger partial charge on any atom is 0.320 e. The lowest BCUT2D eigenvalue weighted by Crippen LogP contribution is -2.34. The summed E-state index contributed by atoms with van der Waals surface area (Å²) < 4.78 is 23.2. The van der Waals surface area contributed by atoms with Gasteiger partial charge in [-0.1, -0.05) is 13.8 Å². The number of fused-ring (bicyclic) bond motifs is 3. The van der Waals surface area contributed by atoms with Crippen molar-refractivity contribution in [3.05, 3.63) is 46.0 Å². The Kier molecular flexibility index (Phi) is 7.31. The molecule has 39 heavy (non-hydrogen) atoms. The SMILES string of the molecule is CN(C)CC(=O)O[C@H]1CC[C@H](Nc2cc(-n3c4c(c5c3CC(C)(C)CC5=O)CCC4)cc(F)c2C(N)=O)CC1. The van der Waals surface area contributed by atoms with Crippen molar-refractivity contribution < 1.29 is 23.5 Å². The molecule has 3 aliphatic rings. The molecule has 0 saturated heterocycles. The predicted molar refractivity (Wildman–Crippen MR) is 147 cm³/mol. The maximum atomic E-state index is 15.5. The van der Waals surface area contributed by atoms with Gasteiger partial charge in [0.05, 0.1) is 23.5 Å². The Bertz CT molecular complexity index is 1320. The first-order chi connectivity index (χ1) is 18.4. The Morgan fingerprint density at radius 1 is 1.13 bits per heavy atom. The van der Waals surface area contributed by atoms with E-state index in [1.165, 1.54) is 6.07 Å². The second-order valence-electron chi connectivity index (χ2n) is 12.4. The van der Waals surface area contributed by atoms with Gasteiger partial charge < -0.3 is 20.4 Å². The number of amides is 1. The Morgan fingerprint density at radius 3 is 2.51 bits per heavy atom. The van der Waals surface area contributed by atoms with E-state index in [1.807, 2.05) is 14.1 Å². The molecular weight excluding hydrogens is 499 g/mol. The first-order valence-electron chi connectivity index (χ1n) is 14.0. The molecule has 1 amide bonds. The van der Waals surface area contributed by atoms with Crippen molar-refractivity contribution in [1.29, 1.82) is 0 Å². The van der Waals surface area contributed by atoms with Crippen molar-refractivity contribution in [2.75, 3.05) is 26.0 Å². The number of Topliss-reactive ketones (excluding diaryl/α,β-unsaturated/α-hetero) is 1. The molecular formula is C30H39FN4O4. The lowest BCUT2D eigenvalue weighted by Gasteiger charge is -2.31. The molecule has 3 N–H and O–H groups in total. The van der Waals surface area contributed by atoms with Gasteiger partial charge in [-0.05, 0) is 88.6 Å². The number of carbonyl (C=O) groups is 3. The van der Waals surface area contributed by atoms with Crippen molar-refractivity contribution in [3.63, 3.8) is 0 Å². The van der Waals surface area contributed by atoms with Crippen LogP contribution in [-0.4, -0.2) is 59.9 Å². The fraction of sp³-hybridized carbons (Fsp3) is 0.567. The second kappa shape index (κ2) is 10.4. The molecule has 3 aliphatic carbocycles. The minimum absolute atomic E-state index is 0.0219. The topological polar surface area (TPSA) is 107 Å². The third kappa shape index (κ3) is 5.46. The Labute approximate surface area is 229 Å². The summed E-state index contributed by atoms with van der Waals surface area (Å²) in [4.78, 5) is 39.3. The zero-order valence-corrected chi connectivity index (χ0v) is 23.4. The number of nitrogens with zero attached hydrogens (tertiary/aromatic N) is 2. The van der Waals surface area contributed by atoms with Gasteiger partial charge in [0.25, 0.3) is 5.91 Å². The van der Waals surface area contributed by atoms with Crippen molar-refractivity contribution in [1.82, 2.24) is 9.47 Å². The molecule has 1 aromatic carbocycles. The molecule has 1 heterocycles. The van der Waals surface area contributed by atoms with Crippen LogP contribution >= 0.6 is 0 Å².